The highest BCUT2D eigenvalue weighted by Gasteiger charge is 2.22. The van der Waals surface area contributed by atoms with E-state index in [1.165, 1.54) is 0 Å². The van der Waals surface area contributed by atoms with Gasteiger partial charge in [-0.15, -0.1) is 0 Å². The van der Waals surface area contributed by atoms with Crippen LogP contribution in [0, 0.1) is 12.8 Å². The topological polar surface area (TPSA) is 118 Å². The summed E-state index contributed by atoms with van der Waals surface area (Å²) in [6.07, 6.45) is 0.939. The second-order valence-corrected chi connectivity index (χ2v) is 9.60. The summed E-state index contributed by atoms with van der Waals surface area (Å²) in [4.78, 5) is 41.8. The van der Waals surface area contributed by atoms with Gasteiger partial charge in [0.1, 0.15) is 11.6 Å². The maximum atomic E-state index is 12.9. The Labute approximate surface area is 239 Å². The van der Waals surface area contributed by atoms with Gasteiger partial charge in [-0.3, -0.25) is 14.9 Å². The molecule has 0 saturated carbocycles. The van der Waals surface area contributed by atoms with E-state index in [-0.39, 0.29) is 12.2 Å². The van der Waals surface area contributed by atoms with Crippen LogP contribution >= 0.6 is 0 Å². The molecule has 0 saturated heterocycles. The second-order valence-electron chi connectivity index (χ2n) is 9.60. The van der Waals surface area contributed by atoms with Crippen LogP contribution in [0.15, 0.2) is 91.0 Å². The number of carbonyl (C=O) groups is 3. The summed E-state index contributed by atoms with van der Waals surface area (Å²) in [5, 5.41) is 15.2. The van der Waals surface area contributed by atoms with Crippen LogP contribution in [0.5, 0.6) is 5.75 Å². The van der Waals surface area contributed by atoms with Crippen LogP contribution in [0.25, 0.3) is 11.1 Å². The number of anilines is 2. The first kappa shape index (κ1) is 29.0. The molecule has 0 aliphatic carbocycles. The number of aromatic nitrogens is 1. The molecule has 1 unspecified atom stereocenters. The highest BCUT2D eigenvalue weighted by molar-refractivity contribution is 6.00. The Morgan fingerprint density at radius 3 is 2.27 bits per heavy atom. The van der Waals surface area contributed by atoms with E-state index in [2.05, 4.69) is 15.6 Å². The van der Waals surface area contributed by atoms with Gasteiger partial charge in [0.2, 0.25) is 0 Å². The van der Waals surface area contributed by atoms with Crippen molar-refractivity contribution in [1.82, 2.24) is 4.98 Å². The maximum Gasteiger partial charge on any atom is 0.324 e. The van der Waals surface area contributed by atoms with Crippen molar-refractivity contribution in [1.29, 1.82) is 0 Å². The molecule has 1 atom stereocenters. The van der Waals surface area contributed by atoms with Crippen LogP contribution in [0.4, 0.5) is 16.3 Å². The monoisotopic (exact) mass is 551 g/mol. The molecule has 210 valence electrons. The zero-order valence-corrected chi connectivity index (χ0v) is 23.1. The quantitative estimate of drug-likeness (QED) is 0.163. The van der Waals surface area contributed by atoms with Crippen LogP contribution in [-0.2, 0) is 11.2 Å². The number of pyridine rings is 1. The minimum atomic E-state index is -0.964. The molecule has 2 amide bonds. The van der Waals surface area contributed by atoms with E-state index in [4.69, 9.17) is 4.74 Å². The summed E-state index contributed by atoms with van der Waals surface area (Å²) >= 11 is 0. The lowest BCUT2D eigenvalue weighted by atomic mass is 9.92. The first-order valence-corrected chi connectivity index (χ1v) is 13.5. The smallest absolute Gasteiger partial charge is 0.324 e. The molecule has 8 nitrogen and oxygen atoms in total. The Balaban J connectivity index is 1.37. The zero-order chi connectivity index (χ0) is 29.2. The second kappa shape index (κ2) is 13.9. The summed E-state index contributed by atoms with van der Waals surface area (Å²) in [7, 11) is 0. The van der Waals surface area contributed by atoms with Gasteiger partial charge in [-0.1, -0.05) is 66.7 Å². The number of aryl methyl sites for hydroxylation is 2. The number of hydrogen-bond donors (Lipinski definition) is 3. The average Bonchev–Trinajstić information content (AvgIpc) is 2.97. The highest BCUT2D eigenvalue weighted by Crippen LogP contribution is 2.26. The predicted octanol–water partition coefficient (Wildman–Crippen LogP) is 7.01. The lowest BCUT2D eigenvalue weighted by Crippen LogP contribution is -2.20. The number of para-hydroxylation sites is 2. The third-order valence-electron chi connectivity index (χ3n) is 6.69. The minimum absolute atomic E-state index is 0.0560. The number of Topliss-reactive ketones (excluding diaryl/α,β-unsaturated/α-hetero) is 1. The van der Waals surface area contributed by atoms with Crippen molar-refractivity contribution >= 4 is 29.3 Å². The van der Waals surface area contributed by atoms with E-state index in [1.807, 2.05) is 74.5 Å². The van der Waals surface area contributed by atoms with Crippen LogP contribution in [0.2, 0.25) is 0 Å². The fourth-order valence-electron chi connectivity index (χ4n) is 4.53. The number of nitrogens with zero attached hydrogens (tertiary/aromatic N) is 1. The SMILES string of the molecule is CCOc1ccccc1NC(=O)Nc1ccc(-c2ccc(C(=O)CC(CCc3ccccc3)C(=O)O)cc2)c(C)n1. The van der Waals surface area contributed by atoms with Gasteiger partial charge in [-0.05, 0) is 62.1 Å². The molecular weight excluding hydrogens is 518 g/mol. The molecule has 8 heteroatoms. The van der Waals surface area contributed by atoms with Gasteiger partial charge in [-0.2, -0.15) is 0 Å². The molecule has 0 aliphatic heterocycles. The van der Waals surface area contributed by atoms with Gasteiger partial charge in [0.25, 0.3) is 0 Å². The Morgan fingerprint density at radius 1 is 0.878 bits per heavy atom. The fraction of sp³-hybridized carbons (Fsp3) is 0.212. The predicted molar refractivity (Wildman–Crippen MR) is 159 cm³/mol. The summed E-state index contributed by atoms with van der Waals surface area (Å²) < 4.78 is 5.55. The number of nitrogens with one attached hydrogen (secondary N) is 2. The van der Waals surface area contributed by atoms with Crippen LogP contribution in [-0.4, -0.2) is 34.5 Å². The fourth-order valence-corrected chi connectivity index (χ4v) is 4.53. The third kappa shape index (κ3) is 8.02. The summed E-state index contributed by atoms with van der Waals surface area (Å²) in [5.41, 5.74) is 4.47. The zero-order valence-electron chi connectivity index (χ0n) is 23.1. The van der Waals surface area contributed by atoms with Crippen LogP contribution in [0.1, 0.15) is 41.4 Å². The average molecular weight is 552 g/mol. The first-order valence-electron chi connectivity index (χ1n) is 13.5. The number of rotatable bonds is 12. The Kier molecular flexibility index (Phi) is 9.83. The molecule has 0 spiro atoms. The lowest BCUT2D eigenvalue weighted by Gasteiger charge is -2.13. The number of ether oxygens (including phenoxy) is 1. The molecule has 4 rings (SSSR count). The first-order chi connectivity index (χ1) is 19.8. The Morgan fingerprint density at radius 2 is 1.59 bits per heavy atom. The third-order valence-corrected chi connectivity index (χ3v) is 6.69. The molecule has 3 N–H and O–H groups in total. The number of benzene rings is 3. The molecule has 1 heterocycles. The molecule has 0 bridgehead atoms. The van der Waals surface area contributed by atoms with Crippen molar-refractivity contribution in [2.75, 3.05) is 17.2 Å². The largest absolute Gasteiger partial charge is 0.492 e. The van der Waals surface area contributed by atoms with Crippen molar-refractivity contribution in [3.05, 3.63) is 108 Å². The molecule has 1 aromatic heterocycles. The van der Waals surface area contributed by atoms with Gasteiger partial charge in [0.15, 0.2) is 5.78 Å². The van der Waals surface area contributed by atoms with E-state index in [9.17, 15) is 19.5 Å². The normalized spacial score (nSPS) is 11.4. The van der Waals surface area contributed by atoms with Gasteiger partial charge in [0, 0.05) is 23.2 Å². The van der Waals surface area contributed by atoms with E-state index < -0.39 is 17.9 Å². The maximum absolute atomic E-state index is 12.9. The van der Waals surface area contributed by atoms with E-state index in [1.54, 1.807) is 30.3 Å². The van der Waals surface area contributed by atoms with Crippen LogP contribution in [0.3, 0.4) is 0 Å². The standard InChI is InChI=1S/C33H33N3O5/c1-3-41-30-12-8-7-11-28(30)35-33(40)36-31-20-19-27(22(2)34-31)24-15-17-25(18-16-24)29(37)21-26(32(38)39)14-13-23-9-5-4-6-10-23/h4-12,15-20,26H,3,13-14,21H2,1-2H3,(H,38,39)(H2,34,35,36,40). The number of carboxylic acids is 1. The number of carboxylic acid groups (broad SMARTS) is 1. The molecular formula is C33H33N3O5. The van der Waals surface area contributed by atoms with Gasteiger partial charge in [-0.25, -0.2) is 9.78 Å². The van der Waals surface area contributed by atoms with Crippen LogP contribution < -0.4 is 15.4 Å². The number of urea groups is 1. The highest BCUT2D eigenvalue weighted by atomic mass is 16.5. The van der Waals surface area contributed by atoms with Crippen molar-refractivity contribution in [2.45, 2.75) is 33.1 Å². The molecule has 3 aromatic carbocycles. The van der Waals surface area contributed by atoms with Gasteiger partial charge in [0.05, 0.1) is 18.2 Å². The molecule has 0 fully saturated rings. The van der Waals surface area contributed by atoms with Crippen molar-refractivity contribution < 1.29 is 24.2 Å². The van der Waals surface area contributed by atoms with E-state index in [0.29, 0.717) is 48.0 Å². The number of amides is 2. The Hall–Kier alpha value is -4.98. The Bertz CT molecular complexity index is 1500. The summed E-state index contributed by atoms with van der Waals surface area (Å²) in [5.74, 6) is -0.951. The number of hydrogen-bond acceptors (Lipinski definition) is 5. The summed E-state index contributed by atoms with van der Waals surface area (Å²) in [6, 6.07) is 27.0. The molecule has 4 aromatic rings. The van der Waals surface area contributed by atoms with E-state index in [0.717, 1.165) is 16.7 Å². The molecule has 41 heavy (non-hydrogen) atoms. The number of ketones is 1. The molecule has 0 aliphatic rings. The van der Waals surface area contributed by atoms with Gasteiger partial charge >= 0.3 is 12.0 Å². The van der Waals surface area contributed by atoms with Crippen molar-refractivity contribution in [2.24, 2.45) is 5.92 Å². The van der Waals surface area contributed by atoms with Gasteiger partial charge < -0.3 is 15.2 Å². The number of aliphatic carboxylic acids is 1. The lowest BCUT2D eigenvalue weighted by molar-refractivity contribution is -0.141. The van der Waals surface area contributed by atoms with Crippen molar-refractivity contribution in [3.63, 3.8) is 0 Å². The molecule has 0 radical (unpaired) electrons. The van der Waals surface area contributed by atoms with E-state index >= 15 is 0 Å². The minimum Gasteiger partial charge on any atom is -0.492 e. The van der Waals surface area contributed by atoms with Crippen molar-refractivity contribution in [3.8, 4) is 16.9 Å². The summed E-state index contributed by atoms with van der Waals surface area (Å²) in [6.45, 7) is 4.20. The number of carbonyl (C=O) groups excluding carboxylic acids is 2.